The molecule has 2 saturated heterocycles. The first kappa shape index (κ1) is 25.0. The largest absolute Gasteiger partial charge is 0.490 e. The quantitative estimate of drug-likeness (QED) is 0.686. The lowest BCUT2D eigenvalue weighted by Crippen LogP contribution is -2.47. The predicted octanol–water partition coefficient (Wildman–Crippen LogP) is 1.42. The Labute approximate surface area is 177 Å². The second-order valence-corrected chi connectivity index (χ2v) is 9.28. The number of ether oxygens (including phenoxy) is 1. The minimum absolute atomic E-state index is 0.00532. The molecular formula is C18H24F3N3O6S. The molecule has 2 fully saturated rings. The molecule has 0 bridgehead atoms. The minimum Gasteiger partial charge on any atom is -0.475 e. The van der Waals surface area contributed by atoms with Crippen LogP contribution in [0.4, 0.5) is 13.2 Å². The van der Waals surface area contributed by atoms with E-state index in [4.69, 9.17) is 14.6 Å². The lowest BCUT2D eigenvalue weighted by molar-refractivity contribution is -0.192. The molecule has 0 unspecified atom stereocenters. The van der Waals surface area contributed by atoms with Crippen LogP contribution in [0.15, 0.2) is 24.5 Å². The molecule has 1 aromatic rings. The Hall–Kier alpha value is -2.25. The predicted molar refractivity (Wildman–Crippen MR) is 103 cm³/mol. The van der Waals surface area contributed by atoms with Crippen LogP contribution in [0.1, 0.15) is 36.0 Å². The van der Waals surface area contributed by atoms with Crippen molar-refractivity contribution >= 4 is 21.9 Å². The number of carbonyl (C=O) groups is 2. The molecule has 13 heteroatoms. The Morgan fingerprint density at radius 2 is 1.94 bits per heavy atom. The van der Waals surface area contributed by atoms with Gasteiger partial charge in [0.05, 0.1) is 24.5 Å². The van der Waals surface area contributed by atoms with Gasteiger partial charge in [0.2, 0.25) is 10.0 Å². The van der Waals surface area contributed by atoms with Crippen LogP contribution >= 0.6 is 0 Å². The van der Waals surface area contributed by atoms with Gasteiger partial charge >= 0.3 is 12.1 Å². The maximum atomic E-state index is 12.6. The second kappa shape index (κ2) is 9.92. The number of rotatable bonds is 4. The molecule has 0 aromatic carbocycles. The Balaban J connectivity index is 0.000000423. The van der Waals surface area contributed by atoms with Gasteiger partial charge in [-0.2, -0.15) is 13.2 Å². The van der Waals surface area contributed by atoms with Gasteiger partial charge in [-0.05, 0) is 37.8 Å². The number of carboxylic acid groups (broad SMARTS) is 1. The lowest BCUT2D eigenvalue weighted by atomic mass is 9.90. The normalized spacial score (nSPS) is 23.9. The maximum Gasteiger partial charge on any atom is 0.490 e. The molecule has 0 aliphatic carbocycles. The van der Waals surface area contributed by atoms with Gasteiger partial charge in [-0.25, -0.2) is 17.9 Å². The number of likely N-dealkylation sites (tertiary alicyclic amines) is 1. The minimum atomic E-state index is -5.08. The van der Waals surface area contributed by atoms with Crippen LogP contribution in [0.3, 0.4) is 0 Å². The Morgan fingerprint density at radius 3 is 2.48 bits per heavy atom. The van der Waals surface area contributed by atoms with Gasteiger partial charge in [0.25, 0.3) is 5.91 Å². The van der Waals surface area contributed by atoms with Crippen LogP contribution in [0, 0.1) is 0 Å². The average Bonchev–Trinajstić information content (AvgIpc) is 3.09. The summed E-state index contributed by atoms with van der Waals surface area (Å²) < 4.78 is 63.0. The average molecular weight is 467 g/mol. The van der Waals surface area contributed by atoms with E-state index in [-0.39, 0.29) is 17.6 Å². The zero-order valence-electron chi connectivity index (χ0n) is 16.8. The maximum absolute atomic E-state index is 12.6. The van der Waals surface area contributed by atoms with Crippen LogP contribution in [-0.4, -0.2) is 79.1 Å². The highest BCUT2D eigenvalue weighted by Crippen LogP contribution is 2.37. The van der Waals surface area contributed by atoms with Gasteiger partial charge in [0, 0.05) is 31.0 Å². The molecule has 1 spiro atoms. The number of nitrogens with zero attached hydrogens (tertiary/aromatic N) is 2. The fraction of sp³-hybridized carbons (Fsp3) is 0.611. The number of aliphatic carboxylic acids is 1. The van der Waals surface area contributed by atoms with E-state index in [0.717, 1.165) is 31.9 Å². The van der Waals surface area contributed by atoms with Crippen LogP contribution < -0.4 is 4.72 Å². The highest BCUT2D eigenvalue weighted by molar-refractivity contribution is 7.88. The third kappa shape index (κ3) is 7.74. The van der Waals surface area contributed by atoms with Gasteiger partial charge in [-0.1, -0.05) is 0 Å². The topological polar surface area (TPSA) is 126 Å². The third-order valence-corrected chi connectivity index (χ3v) is 5.61. The molecule has 2 N–H and O–H groups in total. The highest BCUT2D eigenvalue weighted by Gasteiger charge is 2.44. The number of nitrogens with one attached hydrogen (secondary N) is 1. The smallest absolute Gasteiger partial charge is 0.475 e. The number of carboxylic acids is 1. The van der Waals surface area contributed by atoms with Crippen molar-refractivity contribution in [1.82, 2.24) is 14.6 Å². The van der Waals surface area contributed by atoms with E-state index < -0.39 is 22.2 Å². The van der Waals surface area contributed by atoms with E-state index in [1.165, 1.54) is 0 Å². The van der Waals surface area contributed by atoms with Crippen molar-refractivity contribution in [2.24, 2.45) is 0 Å². The molecule has 9 nitrogen and oxygen atoms in total. The zero-order valence-corrected chi connectivity index (χ0v) is 17.6. The molecule has 0 saturated carbocycles. The summed E-state index contributed by atoms with van der Waals surface area (Å²) in [6.45, 7) is 1.51. The number of amides is 1. The molecule has 0 radical (unpaired) electrons. The summed E-state index contributed by atoms with van der Waals surface area (Å²) in [5.74, 6) is -2.76. The van der Waals surface area contributed by atoms with Crippen LogP contribution in [0.25, 0.3) is 0 Å². The van der Waals surface area contributed by atoms with Gasteiger partial charge in [-0.3, -0.25) is 9.78 Å². The fourth-order valence-electron chi connectivity index (χ4n) is 3.51. The number of alkyl halides is 3. The van der Waals surface area contributed by atoms with Crippen molar-refractivity contribution in [3.63, 3.8) is 0 Å². The first-order chi connectivity index (χ1) is 14.3. The van der Waals surface area contributed by atoms with Crippen molar-refractivity contribution in [2.45, 2.75) is 43.6 Å². The molecule has 2 aliphatic heterocycles. The Morgan fingerprint density at radius 1 is 1.32 bits per heavy atom. The number of aromatic nitrogens is 1. The number of halogens is 3. The summed E-state index contributed by atoms with van der Waals surface area (Å²) >= 11 is 0. The number of hydrogen-bond donors (Lipinski definition) is 2. The number of pyridine rings is 1. The van der Waals surface area contributed by atoms with Crippen molar-refractivity contribution in [3.8, 4) is 0 Å². The molecule has 1 amide bonds. The first-order valence-corrected chi connectivity index (χ1v) is 11.3. The number of hydrogen-bond acceptors (Lipinski definition) is 6. The van der Waals surface area contributed by atoms with Gasteiger partial charge < -0.3 is 14.7 Å². The van der Waals surface area contributed by atoms with Crippen molar-refractivity contribution in [2.75, 3.05) is 25.9 Å². The molecule has 2 aliphatic rings. The summed E-state index contributed by atoms with van der Waals surface area (Å²) in [4.78, 5) is 27.2. The Bertz CT molecular complexity index is 881. The standard InChI is InChI=1S/C16H23N3O4S.C2HF3O2/c1-24(21,22)18-11-14-3-2-6-16(23-14)7-10-19(12-16)15(20)13-4-8-17-9-5-13;3-2(4,5)1(6)7/h4-5,8-9,14,18H,2-3,6-7,10-12H2,1H3;(H,6,7)/t14-,16+;/m0./s1. The monoisotopic (exact) mass is 467 g/mol. The summed E-state index contributed by atoms with van der Waals surface area (Å²) in [5.41, 5.74) is 0.290. The van der Waals surface area contributed by atoms with Gasteiger partial charge in [-0.15, -0.1) is 0 Å². The van der Waals surface area contributed by atoms with E-state index in [9.17, 15) is 26.4 Å². The van der Waals surface area contributed by atoms with Crippen molar-refractivity contribution in [1.29, 1.82) is 0 Å². The Kier molecular flexibility index (Phi) is 8.00. The molecule has 174 valence electrons. The van der Waals surface area contributed by atoms with Crippen LogP contribution in [0.5, 0.6) is 0 Å². The molecule has 2 atom stereocenters. The summed E-state index contributed by atoms with van der Waals surface area (Å²) in [6, 6.07) is 3.43. The van der Waals surface area contributed by atoms with Crippen molar-refractivity contribution in [3.05, 3.63) is 30.1 Å². The van der Waals surface area contributed by atoms with Gasteiger partial charge in [0.1, 0.15) is 0 Å². The van der Waals surface area contributed by atoms with E-state index in [1.54, 1.807) is 24.5 Å². The number of carbonyl (C=O) groups excluding carboxylic acids is 1. The summed E-state index contributed by atoms with van der Waals surface area (Å²) in [5, 5.41) is 7.12. The SMILES string of the molecule is CS(=O)(=O)NC[C@@H]1CCC[C@]2(CCN(C(=O)c3ccncc3)C2)O1.O=C(O)C(F)(F)F. The van der Waals surface area contributed by atoms with Gasteiger partial charge in [0.15, 0.2) is 0 Å². The van der Waals surface area contributed by atoms with Crippen LogP contribution in [0.2, 0.25) is 0 Å². The molecule has 3 rings (SSSR count). The molecule has 1 aromatic heterocycles. The third-order valence-electron chi connectivity index (χ3n) is 4.92. The van der Waals surface area contributed by atoms with E-state index >= 15 is 0 Å². The first-order valence-electron chi connectivity index (χ1n) is 9.43. The van der Waals surface area contributed by atoms with E-state index in [1.807, 2.05) is 4.90 Å². The van der Waals surface area contributed by atoms with Crippen LogP contribution in [-0.2, 0) is 19.6 Å². The van der Waals surface area contributed by atoms with E-state index in [2.05, 4.69) is 9.71 Å². The molecular weight excluding hydrogens is 443 g/mol. The second-order valence-electron chi connectivity index (χ2n) is 7.45. The molecule has 31 heavy (non-hydrogen) atoms. The fourth-order valence-corrected chi connectivity index (χ4v) is 4.00. The zero-order chi connectivity index (χ0) is 23.3. The highest BCUT2D eigenvalue weighted by atomic mass is 32.2. The van der Waals surface area contributed by atoms with Crippen molar-refractivity contribution < 1.29 is 41.0 Å². The summed E-state index contributed by atoms with van der Waals surface area (Å²) in [6.07, 6.45) is 2.67. The van der Waals surface area contributed by atoms with E-state index in [0.29, 0.717) is 25.2 Å². The summed E-state index contributed by atoms with van der Waals surface area (Å²) in [7, 11) is -3.22. The number of sulfonamides is 1. The lowest BCUT2D eigenvalue weighted by Gasteiger charge is -2.38. The molecule has 3 heterocycles.